The molecule has 88 valence electrons. The lowest BCUT2D eigenvalue weighted by Crippen LogP contribution is -1.97. The molecule has 0 unspecified atom stereocenters. The highest BCUT2D eigenvalue weighted by atomic mass is 16.5. The molecular formula is C13H18O3. The Morgan fingerprint density at radius 1 is 1.44 bits per heavy atom. The number of aryl methyl sites for hydroxylation is 2. The molecule has 3 nitrogen and oxygen atoms in total. The molecule has 0 saturated carbocycles. The first kappa shape index (κ1) is 12.6. The predicted molar refractivity (Wildman–Crippen MR) is 62.9 cm³/mol. The highest BCUT2D eigenvalue weighted by molar-refractivity contribution is 5.66. The summed E-state index contributed by atoms with van der Waals surface area (Å²) in [7, 11) is 0. The number of ether oxygens (including phenoxy) is 1. The van der Waals surface area contributed by atoms with Crippen molar-refractivity contribution >= 4 is 5.97 Å². The number of carbonyl (C=O) groups is 1. The molecule has 0 heterocycles. The zero-order valence-electron chi connectivity index (χ0n) is 9.82. The minimum Gasteiger partial charge on any atom is -0.494 e. The summed E-state index contributed by atoms with van der Waals surface area (Å²) in [4.78, 5) is 10.4. The Labute approximate surface area is 96.1 Å². The third kappa shape index (κ3) is 3.93. The number of carboxylic acids is 1. The molecule has 0 amide bonds. The lowest BCUT2D eigenvalue weighted by atomic mass is 10.1. The Morgan fingerprint density at radius 2 is 2.19 bits per heavy atom. The van der Waals surface area contributed by atoms with Crippen molar-refractivity contribution in [3.05, 3.63) is 29.3 Å². The fourth-order valence-electron chi connectivity index (χ4n) is 1.63. The number of benzene rings is 1. The topological polar surface area (TPSA) is 46.5 Å². The third-order valence-electron chi connectivity index (χ3n) is 2.40. The third-order valence-corrected chi connectivity index (χ3v) is 2.40. The van der Waals surface area contributed by atoms with Crippen LogP contribution >= 0.6 is 0 Å². The minimum atomic E-state index is -0.734. The maximum absolute atomic E-state index is 10.4. The molecule has 0 aliphatic heterocycles. The van der Waals surface area contributed by atoms with Crippen molar-refractivity contribution in [3.63, 3.8) is 0 Å². The summed E-state index contributed by atoms with van der Waals surface area (Å²) in [6.45, 7) is 4.63. The zero-order valence-corrected chi connectivity index (χ0v) is 9.82. The average molecular weight is 222 g/mol. The molecule has 0 fully saturated rings. The Morgan fingerprint density at radius 3 is 2.75 bits per heavy atom. The van der Waals surface area contributed by atoms with Crippen molar-refractivity contribution in [1.29, 1.82) is 0 Å². The standard InChI is InChI=1S/C13H18O3/c1-3-16-12-8-7-11(9-10(12)2)5-4-6-13(14)15/h7-9H,3-6H2,1-2H3,(H,14,15). The summed E-state index contributed by atoms with van der Waals surface area (Å²) in [5.41, 5.74) is 2.27. The van der Waals surface area contributed by atoms with Crippen LogP contribution < -0.4 is 4.74 Å². The van der Waals surface area contributed by atoms with E-state index >= 15 is 0 Å². The molecule has 0 bridgehead atoms. The van der Waals surface area contributed by atoms with Crippen LogP contribution in [0.3, 0.4) is 0 Å². The summed E-state index contributed by atoms with van der Waals surface area (Å²) in [6.07, 6.45) is 1.72. The van der Waals surface area contributed by atoms with Crippen LogP contribution in [0.1, 0.15) is 30.9 Å². The molecule has 0 aliphatic carbocycles. The molecule has 1 N–H and O–H groups in total. The molecular weight excluding hydrogens is 204 g/mol. The molecule has 0 spiro atoms. The molecule has 0 aromatic heterocycles. The van der Waals surface area contributed by atoms with E-state index in [2.05, 4.69) is 6.07 Å². The SMILES string of the molecule is CCOc1ccc(CCCC(=O)O)cc1C. The molecule has 0 atom stereocenters. The maximum Gasteiger partial charge on any atom is 0.303 e. The van der Waals surface area contributed by atoms with Crippen LogP contribution in [0.25, 0.3) is 0 Å². The van der Waals surface area contributed by atoms with Gasteiger partial charge in [0.05, 0.1) is 6.61 Å². The van der Waals surface area contributed by atoms with E-state index < -0.39 is 5.97 Å². The van der Waals surface area contributed by atoms with Gasteiger partial charge in [0.1, 0.15) is 5.75 Å². The van der Waals surface area contributed by atoms with Crippen LogP contribution in [0.5, 0.6) is 5.75 Å². The Bertz CT molecular complexity index is 358. The Kier molecular flexibility index (Phi) is 4.83. The fraction of sp³-hybridized carbons (Fsp3) is 0.462. The zero-order chi connectivity index (χ0) is 12.0. The van der Waals surface area contributed by atoms with E-state index in [0.717, 1.165) is 17.7 Å². The largest absolute Gasteiger partial charge is 0.494 e. The second-order valence-corrected chi connectivity index (χ2v) is 3.78. The van der Waals surface area contributed by atoms with Crippen molar-refractivity contribution in [2.45, 2.75) is 33.1 Å². The molecule has 1 aromatic carbocycles. The maximum atomic E-state index is 10.4. The molecule has 0 radical (unpaired) electrons. The number of carboxylic acid groups (broad SMARTS) is 1. The average Bonchev–Trinajstić information content (AvgIpc) is 2.21. The van der Waals surface area contributed by atoms with Gasteiger partial charge in [0, 0.05) is 6.42 Å². The molecule has 3 heteroatoms. The van der Waals surface area contributed by atoms with Crippen LogP contribution in [0.4, 0.5) is 0 Å². The van der Waals surface area contributed by atoms with Gasteiger partial charge in [-0.25, -0.2) is 0 Å². The highest BCUT2D eigenvalue weighted by Gasteiger charge is 2.02. The van der Waals surface area contributed by atoms with Gasteiger partial charge in [0.2, 0.25) is 0 Å². The van der Waals surface area contributed by atoms with Gasteiger partial charge in [-0.3, -0.25) is 4.79 Å². The molecule has 1 rings (SSSR count). The van der Waals surface area contributed by atoms with Gasteiger partial charge in [-0.2, -0.15) is 0 Å². The fourth-order valence-corrected chi connectivity index (χ4v) is 1.63. The minimum absolute atomic E-state index is 0.228. The molecule has 0 saturated heterocycles. The second-order valence-electron chi connectivity index (χ2n) is 3.78. The van der Waals surface area contributed by atoms with Crippen molar-refractivity contribution in [3.8, 4) is 5.75 Å². The number of hydrogen-bond acceptors (Lipinski definition) is 2. The number of hydrogen-bond donors (Lipinski definition) is 1. The van der Waals surface area contributed by atoms with Crippen molar-refractivity contribution in [2.75, 3.05) is 6.61 Å². The van der Waals surface area contributed by atoms with Crippen molar-refractivity contribution in [1.82, 2.24) is 0 Å². The van der Waals surface area contributed by atoms with E-state index in [-0.39, 0.29) is 6.42 Å². The predicted octanol–water partition coefficient (Wildman–Crippen LogP) is 2.80. The lowest BCUT2D eigenvalue weighted by molar-refractivity contribution is -0.137. The van der Waals surface area contributed by atoms with Crippen molar-refractivity contribution in [2.24, 2.45) is 0 Å². The quantitative estimate of drug-likeness (QED) is 0.805. The summed E-state index contributed by atoms with van der Waals surface area (Å²) in [5, 5.41) is 8.54. The van der Waals surface area contributed by atoms with Gasteiger partial charge in [-0.15, -0.1) is 0 Å². The van der Waals surface area contributed by atoms with Crippen LogP contribution in [-0.2, 0) is 11.2 Å². The van der Waals surface area contributed by atoms with Gasteiger partial charge in [-0.1, -0.05) is 12.1 Å². The van der Waals surface area contributed by atoms with E-state index in [0.29, 0.717) is 13.0 Å². The first-order valence-corrected chi connectivity index (χ1v) is 5.57. The smallest absolute Gasteiger partial charge is 0.303 e. The Hall–Kier alpha value is -1.51. The van der Waals surface area contributed by atoms with Crippen LogP contribution in [-0.4, -0.2) is 17.7 Å². The second kappa shape index (κ2) is 6.16. The van der Waals surface area contributed by atoms with E-state index in [4.69, 9.17) is 9.84 Å². The number of rotatable bonds is 6. The van der Waals surface area contributed by atoms with Gasteiger partial charge in [0.25, 0.3) is 0 Å². The van der Waals surface area contributed by atoms with Crippen LogP contribution in [0, 0.1) is 6.92 Å². The molecule has 1 aromatic rings. The van der Waals surface area contributed by atoms with E-state index in [1.54, 1.807) is 0 Å². The van der Waals surface area contributed by atoms with E-state index in [1.807, 2.05) is 26.0 Å². The molecule has 0 aliphatic rings. The first-order chi connectivity index (χ1) is 7.63. The summed E-state index contributed by atoms with van der Waals surface area (Å²) in [6, 6.07) is 6.02. The van der Waals surface area contributed by atoms with Crippen LogP contribution in [0.2, 0.25) is 0 Å². The van der Waals surface area contributed by atoms with Gasteiger partial charge in [0.15, 0.2) is 0 Å². The van der Waals surface area contributed by atoms with Gasteiger partial charge < -0.3 is 9.84 Å². The summed E-state index contributed by atoms with van der Waals surface area (Å²) in [5.74, 6) is 0.173. The lowest BCUT2D eigenvalue weighted by Gasteiger charge is -2.08. The normalized spacial score (nSPS) is 10.1. The number of aliphatic carboxylic acids is 1. The highest BCUT2D eigenvalue weighted by Crippen LogP contribution is 2.20. The van der Waals surface area contributed by atoms with E-state index in [1.165, 1.54) is 5.56 Å². The van der Waals surface area contributed by atoms with Crippen molar-refractivity contribution < 1.29 is 14.6 Å². The van der Waals surface area contributed by atoms with E-state index in [9.17, 15) is 4.79 Å². The first-order valence-electron chi connectivity index (χ1n) is 5.57. The Balaban J connectivity index is 2.55. The monoisotopic (exact) mass is 222 g/mol. The summed E-state index contributed by atoms with van der Waals surface area (Å²) < 4.78 is 5.44. The van der Waals surface area contributed by atoms with Gasteiger partial charge in [-0.05, 0) is 43.9 Å². The summed E-state index contributed by atoms with van der Waals surface area (Å²) >= 11 is 0. The molecule has 16 heavy (non-hydrogen) atoms. The van der Waals surface area contributed by atoms with Gasteiger partial charge >= 0.3 is 5.97 Å². The van der Waals surface area contributed by atoms with Crippen LogP contribution in [0.15, 0.2) is 18.2 Å².